The van der Waals surface area contributed by atoms with Gasteiger partial charge >= 0.3 is 0 Å². The lowest BCUT2D eigenvalue weighted by molar-refractivity contribution is 0.420. The molecule has 0 N–H and O–H groups in total. The maximum absolute atomic E-state index is 2.62. The average Bonchev–Trinajstić information content (AvgIpc) is 3.97. The average molecular weight is 746 g/mol. The van der Waals surface area contributed by atoms with Crippen molar-refractivity contribution in [2.24, 2.45) is 11.8 Å². The third-order valence-corrected chi connectivity index (χ3v) is 15.7. The van der Waals surface area contributed by atoms with Crippen molar-refractivity contribution in [3.05, 3.63) is 149 Å². The van der Waals surface area contributed by atoms with Gasteiger partial charge in [0.1, 0.15) is 0 Å². The Morgan fingerprint density at radius 3 is 1.93 bits per heavy atom. The Hall–Kier alpha value is -4.62. The Kier molecular flexibility index (Phi) is 8.94. The molecule has 1 nitrogen and oxygen atoms in total. The number of nitrogens with zero attached hydrogens (tertiary/aromatic N) is 1. The number of hydrogen-bond acceptors (Lipinski definition) is 1. The first kappa shape index (κ1) is 35.5. The summed E-state index contributed by atoms with van der Waals surface area (Å²) >= 11 is 0. The fourth-order valence-corrected chi connectivity index (χ4v) is 12.6. The number of anilines is 3. The standard InChI is InChI=1S/C56H59N/c1-56(2)52-18-10-9-17-48(52)55-51(43-24-22-40(23-25-43)38-12-5-3-6-13-38)35-47(36-53(55)56)57(46-30-28-42(29-31-46)49-33-37-20-21-45(49)32-37)54-19-11-16-41-26-27-44(34-50(41)54)39-14-7-4-8-15-39/h9-11,16-19,22-31,34-39,45,49H,3-8,12-15,20-21,32-33H2,1-2H3. The van der Waals surface area contributed by atoms with Crippen LogP contribution in [0.15, 0.2) is 121 Å². The van der Waals surface area contributed by atoms with E-state index in [1.807, 2.05) is 0 Å². The molecule has 4 saturated carbocycles. The minimum atomic E-state index is -0.122. The first-order chi connectivity index (χ1) is 28.0. The number of benzene rings is 6. The summed E-state index contributed by atoms with van der Waals surface area (Å²) in [5.74, 6) is 3.91. The molecule has 0 aliphatic heterocycles. The first-order valence-electron chi connectivity index (χ1n) is 22.8. The van der Waals surface area contributed by atoms with Crippen LogP contribution in [-0.4, -0.2) is 0 Å². The highest BCUT2D eigenvalue weighted by Gasteiger charge is 2.41. The maximum Gasteiger partial charge on any atom is 0.0540 e. The van der Waals surface area contributed by atoms with E-state index in [4.69, 9.17) is 0 Å². The van der Waals surface area contributed by atoms with E-state index in [9.17, 15) is 0 Å². The maximum atomic E-state index is 2.62. The van der Waals surface area contributed by atoms with Gasteiger partial charge in [-0.1, -0.05) is 144 Å². The summed E-state index contributed by atoms with van der Waals surface area (Å²) < 4.78 is 0. The van der Waals surface area contributed by atoms with Crippen LogP contribution in [0.4, 0.5) is 17.1 Å². The topological polar surface area (TPSA) is 3.24 Å². The summed E-state index contributed by atoms with van der Waals surface area (Å²) in [5, 5.41) is 2.68. The molecule has 6 aromatic carbocycles. The van der Waals surface area contributed by atoms with E-state index in [-0.39, 0.29) is 5.41 Å². The molecule has 0 saturated heterocycles. The van der Waals surface area contributed by atoms with E-state index in [0.717, 1.165) is 17.8 Å². The van der Waals surface area contributed by atoms with Crippen molar-refractivity contribution in [3.63, 3.8) is 0 Å². The minimum Gasteiger partial charge on any atom is -0.310 e. The lowest BCUT2D eigenvalue weighted by Gasteiger charge is -2.31. The zero-order chi connectivity index (χ0) is 38.1. The molecule has 5 aliphatic rings. The molecule has 0 spiro atoms. The Morgan fingerprint density at radius 1 is 0.509 bits per heavy atom. The summed E-state index contributed by atoms with van der Waals surface area (Å²) in [6.07, 6.45) is 19.2. The van der Waals surface area contributed by atoms with E-state index >= 15 is 0 Å². The molecule has 2 bridgehead atoms. The van der Waals surface area contributed by atoms with E-state index in [0.29, 0.717) is 11.8 Å². The van der Waals surface area contributed by atoms with Gasteiger partial charge in [-0.05, 0) is 166 Å². The van der Waals surface area contributed by atoms with Crippen LogP contribution in [-0.2, 0) is 5.41 Å². The summed E-state index contributed by atoms with van der Waals surface area (Å²) in [6.45, 7) is 4.89. The zero-order valence-corrected chi connectivity index (χ0v) is 34.3. The fraction of sp³-hybridized carbons (Fsp3) is 0.393. The van der Waals surface area contributed by atoms with E-state index in [1.54, 1.807) is 5.56 Å². The van der Waals surface area contributed by atoms with Crippen LogP contribution in [0.5, 0.6) is 0 Å². The minimum absolute atomic E-state index is 0.122. The molecule has 6 aromatic rings. The second-order valence-electron chi connectivity index (χ2n) is 19.3. The molecular formula is C56H59N. The van der Waals surface area contributed by atoms with E-state index < -0.39 is 0 Å². The SMILES string of the molecule is CC1(C)c2ccccc2-c2c(-c3ccc(C4CCCCC4)cc3)cc(N(c3ccc(C4CC5CCC4C5)cc3)c3cccc4ccc(C5CCCCC5)cc34)cc21. The predicted molar refractivity (Wildman–Crippen MR) is 241 cm³/mol. The van der Waals surface area contributed by atoms with Crippen molar-refractivity contribution in [2.45, 2.75) is 127 Å². The van der Waals surface area contributed by atoms with Crippen LogP contribution in [0.2, 0.25) is 0 Å². The van der Waals surface area contributed by atoms with Gasteiger partial charge < -0.3 is 4.90 Å². The monoisotopic (exact) mass is 745 g/mol. The molecule has 3 atom stereocenters. The quantitative estimate of drug-likeness (QED) is 0.157. The molecule has 3 unspecified atom stereocenters. The molecule has 288 valence electrons. The zero-order valence-electron chi connectivity index (χ0n) is 34.3. The van der Waals surface area contributed by atoms with Gasteiger partial charge in [0.05, 0.1) is 5.69 Å². The van der Waals surface area contributed by atoms with Crippen LogP contribution in [0.1, 0.15) is 149 Å². The van der Waals surface area contributed by atoms with E-state index in [1.165, 1.54) is 162 Å². The second kappa shape index (κ2) is 14.3. The Bertz CT molecular complexity index is 2420. The Morgan fingerprint density at radius 2 is 1.21 bits per heavy atom. The number of fused-ring (bicyclic) bond motifs is 6. The number of rotatable bonds is 7. The lowest BCUT2D eigenvalue weighted by Crippen LogP contribution is -2.17. The van der Waals surface area contributed by atoms with Crippen molar-refractivity contribution in [3.8, 4) is 22.3 Å². The molecule has 5 aliphatic carbocycles. The smallest absolute Gasteiger partial charge is 0.0540 e. The lowest BCUT2D eigenvalue weighted by atomic mass is 9.81. The van der Waals surface area contributed by atoms with Gasteiger partial charge in [-0.3, -0.25) is 0 Å². The summed E-state index contributed by atoms with van der Waals surface area (Å²) in [4.78, 5) is 2.62. The molecule has 4 fully saturated rings. The summed E-state index contributed by atoms with van der Waals surface area (Å²) in [6, 6.07) is 48.4. The van der Waals surface area contributed by atoms with Crippen LogP contribution in [0.3, 0.4) is 0 Å². The van der Waals surface area contributed by atoms with Gasteiger partial charge in [0.15, 0.2) is 0 Å². The largest absolute Gasteiger partial charge is 0.310 e. The van der Waals surface area contributed by atoms with Crippen molar-refractivity contribution in [1.82, 2.24) is 0 Å². The van der Waals surface area contributed by atoms with Gasteiger partial charge in [-0.25, -0.2) is 0 Å². The van der Waals surface area contributed by atoms with Crippen molar-refractivity contribution < 1.29 is 0 Å². The normalized spacial score (nSPS) is 22.8. The highest BCUT2D eigenvalue weighted by Crippen LogP contribution is 2.56. The Labute approximate surface area is 341 Å². The van der Waals surface area contributed by atoms with Gasteiger partial charge in [0.25, 0.3) is 0 Å². The molecule has 11 rings (SSSR count). The number of hydrogen-bond donors (Lipinski definition) is 0. The van der Waals surface area contributed by atoms with Crippen molar-refractivity contribution in [1.29, 1.82) is 0 Å². The molecule has 0 amide bonds. The highest BCUT2D eigenvalue weighted by atomic mass is 15.1. The van der Waals surface area contributed by atoms with Crippen LogP contribution < -0.4 is 4.90 Å². The summed E-state index contributed by atoms with van der Waals surface area (Å²) in [7, 11) is 0. The molecule has 1 heteroatoms. The van der Waals surface area contributed by atoms with Crippen LogP contribution >= 0.6 is 0 Å². The van der Waals surface area contributed by atoms with Crippen LogP contribution in [0, 0.1) is 11.8 Å². The summed E-state index contributed by atoms with van der Waals surface area (Å²) in [5.41, 5.74) is 16.6. The first-order valence-corrected chi connectivity index (χ1v) is 22.8. The van der Waals surface area contributed by atoms with Gasteiger partial charge in [0.2, 0.25) is 0 Å². The van der Waals surface area contributed by atoms with Gasteiger partial charge in [-0.2, -0.15) is 0 Å². The molecular weight excluding hydrogens is 687 g/mol. The van der Waals surface area contributed by atoms with Gasteiger partial charge in [-0.15, -0.1) is 0 Å². The highest BCUT2D eigenvalue weighted by molar-refractivity contribution is 6.01. The molecule has 0 heterocycles. The van der Waals surface area contributed by atoms with Crippen LogP contribution in [0.25, 0.3) is 33.0 Å². The molecule has 0 aromatic heterocycles. The predicted octanol–water partition coefficient (Wildman–Crippen LogP) is 16.3. The molecule has 0 radical (unpaired) electrons. The van der Waals surface area contributed by atoms with E-state index in [2.05, 4.69) is 140 Å². The van der Waals surface area contributed by atoms with Crippen molar-refractivity contribution >= 4 is 27.8 Å². The van der Waals surface area contributed by atoms with Crippen molar-refractivity contribution in [2.75, 3.05) is 4.90 Å². The fourth-order valence-electron chi connectivity index (χ4n) is 12.6. The third-order valence-electron chi connectivity index (χ3n) is 15.7. The Balaban J connectivity index is 1.10. The third kappa shape index (κ3) is 6.18. The second-order valence-corrected chi connectivity index (χ2v) is 19.3. The molecule has 57 heavy (non-hydrogen) atoms. The van der Waals surface area contributed by atoms with Gasteiger partial charge in [0, 0.05) is 22.2 Å².